The van der Waals surface area contributed by atoms with Crippen molar-refractivity contribution in [3.8, 4) is 11.3 Å². The van der Waals surface area contributed by atoms with Crippen LogP contribution in [-0.4, -0.2) is 23.3 Å². The Hall–Kier alpha value is -4.25. The third kappa shape index (κ3) is 3.64. The summed E-state index contributed by atoms with van der Waals surface area (Å²) >= 11 is 0. The predicted molar refractivity (Wildman–Crippen MR) is 173 cm³/mol. The smallest absolute Gasteiger partial charge is 0.399 e. The van der Waals surface area contributed by atoms with E-state index in [4.69, 9.17) is 14.3 Å². The van der Waals surface area contributed by atoms with Crippen molar-refractivity contribution in [1.29, 1.82) is 0 Å². The molecule has 4 heteroatoms. The third-order valence-electron chi connectivity index (χ3n) is 9.24. The van der Waals surface area contributed by atoms with Crippen molar-refractivity contribution in [2.45, 2.75) is 38.9 Å². The van der Waals surface area contributed by atoms with E-state index >= 15 is 0 Å². The van der Waals surface area contributed by atoms with Crippen LogP contribution in [-0.2, 0) is 9.31 Å². The number of aromatic nitrogens is 1. The van der Waals surface area contributed by atoms with Gasteiger partial charge in [-0.3, -0.25) is 0 Å². The largest absolute Gasteiger partial charge is 0.494 e. The second-order valence-corrected chi connectivity index (χ2v) is 12.2. The predicted octanol–water partition coefficient (Wildman–Crippen LogP) is 8.81. The van der Waals surface area contributed by atoms with E-state index < -0.39 is 0 Å². The molecule has 7 aromatic rings. The highest BCUT2D eigenvalue weighted by Gasteiger charge is 2.51. The van der Waals surface area contributed by atoms with Gasteiger partial charge >= 0.3 is 7.12 Å². The standard InChI is InChI=1S/C37H30BNO2/c1-36(2)37(3,4)41-38(40-36)26-20-19-23-21-25(18-17-24(23)22-26)34-32-16-10-8-14-30(32)33-29-13-7-5-11-27(29)28-12-6-9-15-31(28)35(33)39-34/h5-22H,1-4H3. The molecular formula is C37H30BNO2. The van der Waals surface area contributed by atoms with Crippen molar-refractivity contribution in [2.75, 3.05) is 0 Å². The van der Waals surface area contributed by atoms with Crippen LogP contribution in [0.15, 0.2) is 109 Å². The second kappa shape index (κ2) is 8.63. The Balaban J connectivity index is 1.34. The summed E-state index contributed by atoms with van der Waals surface area (Å²) < 4.78 is 12.6. The molecule has 198 valence electrons. The molecule has 8 rings (SSSR count). The summed E-state index contributed by atoms with van der Waals surface area (Å²) in [5.74, 6) is 0. The lowest BCUT2D eigenvalue weighted by Crippen LogP contribution is -2.41. The monoisotopic (exact) mass is 531 g/mol. The molecule has 1 saturated heterocycles. The van der Waals surface area contributed by atoms with Gasteiger partial charge in [-0.25, -0.2) is 4.98 Å². The Bertz CT molecular complexity index is 2170. The van der Waals surface area contributed by atoms with Gasteiger partial charge in [0.05, 0.1) is 22.4 Å². The molecule has 0 aliphatic carbocycles. The first-order valence-corrected chi connectivity index (χ1v) is 14.3. The first-order chi connectivity index (χ1) is 19.8. The van der Waals surface area contributed by atoms with Crippen LogP contribution < -0.4 is 5.46 Å². The Labute approximate surface area is 239 Å². The SMILES string of the molecule is CC1(C)OB(c2ccc3cc(-c4nc5c6ccccc6c6ccccc6c5c5ccccc45)ccc3c2)OC1(C)C. The zero-order valence-corrected chi connectivity index (χ0v) is 23.7. The van der Waals surface area contributed by atoms with Crippen molar-refractivity contribution in [3.05, 3.63) is 109 Å². The Morgan fingerprint density at radius 1 is 0.537 bits per heavy atom. The minimum absolute atomic E-state index is 0.366. The van der Waals surface area contributed by atoms with E-state index in [2.05, 4.69) is 137 Å². The van der Waals surface area contributed by atoms with Crippen LogP contribution in [0.25, 0.3) is 65.3 Å². The summed E-state index contributed by atoms with van der Waals surface area (Å²) in [6, 6.07) is 39.1. The number of nitrogens with zero attached hydrogens (tertiary/aromatic N) is 1. The Kier molecular flexibility index (Phi) is 5.16. The highest BCUT2D eigenvalue weighted by molar-refractivity contribution is 6.62. The molecule has 3 nitrogen and oxygen atoms in total. The molecule has 6 aromatic carbocycles. The van der Waals surface area contributed by atoms with E-state index in [9.17, 15) is 0 Å². The van der Waals surface area contributed by atoms with Crippen LogP contribution in [0.5, 0.6) is 0 Å². The normalized spacial score (nSPS) is 16.4. The number of rotatable bonds is 2. The molecule has 0 radical (unpaired) electrons. The minimum Gasteiger partial charge on any atom is -0.399 e. The molecule has 0 atom stereocenters. The van der Waals surface area contributed by atoms with E-state index in [1.54, 1.807) is 0 Å². The van der Waals surface area contributed by atoms with Crippen LogP contribution in [0.1, 0.15) is 27.7 Å². The molecule has 1 aromatic heterocycles. The van der Waals surface area contributed by atoms with Crippen molar-refractivity contribution < 1.29 is 9.31 Å². The fourth-order valence-electron chi connectivity index (χ4n) is 6.35. The lowest BCUT2D eigenvalue weighted by molar-refractivity contribution is 0.00578. The molecule has 0 spiro atoms. The molecule has 2 heterocycles. The fraction of sp³-hybridized carbons (Fsp3) is 0.162. The van der Waals surface area contributed by atoms with Crippen LogP contribution in [0.3, 0.4) is 0 Å². The topological polar surface area (TPSA) is 31.4 Å². The lowest BCUT2D eigenvalue weighted by atomic mass is 9.78. The molecule has 0 unspecified atom stereocenters. The maximum absolute atomic E-state index is 6.31. The maximum atomic E-state index is 6.31. The van der Waals surface area contributed by atoms with Gasteiger partial charge in [-0.1, -0.05) is 103 Å². The van der Waals surface area contributed by atoms with Gasteiger partial charge in [0.2, 0.25) is 0 Å². The lowest BCUT2D eigenvalue weighted by Gasteiger charge is -2.32. The Morgan fingerprint density at radius 2 is 1.05 bits per heavy atom. The number of hydrogen-bond acceptors (Lipinski definition) is 3. The van der Waals surface area contributed by atoms with Crippen LogP contribution in [0, 0.1) is 0 Å². The second-order valence-electron chi connectivity index (χ2n) is 12.2. The molecule has 41 heavy (non-hydrogen) atoms. The van der Waals surface area contributed by atoms with E-state index in [1.165, 1.54) is 32.3 Å². The average Bonchev–Trinajstić information content (AvgIpc) is 3.22. The van der Waals surface area contributed by atoms with E-state index in [-0.39, 0.29) is 18.3 Å². The molecule has 0 bridgehead atoms. The molecule has 1 aliphatic rings. The summed E-state index contributed by atoms with van der Waals surface area (Å²) in [4.78, 5) is 5.43. The van der Waals surface area contributed by atoms with Crippen LogP contribution >= 0.6 is 0 Å². The number of fused-ring (bicyclic) bond motifs is 9. The van der Waals surface area contributed by atoms with E-state index in [1.807, 2.05) is 0 Å². The highest BCUT2D eigenvalue weighted by Crippen LogP contribution is 2.41. The van der Waals surface area contributed by atoms with Crippen LogP contribution in [0.2, 0.25) is 0 Å². The molecule has 0 amide bonds. The van der Waals surface area contributed by atoms with Gasteiger partial charge in [0.1, 0.15) is 0 Å². The molecule has 0 saturated carbocycles. The summed E-state index contributed by atoms with van der Waals surface area (Å²) in [5.41, 5.74) is 3.46. The van der Waals surface area contributed by atoms with Gasteiger partial charge in [0, 0.05) is 21.7 Å². The minimum atomic E-state index is -0.377. The number of hydrogen-bond donors (Lipinski definition) is 0. The van der Waals surface area contributed by atoms with Gasteiger partial charge in [-0.2, -0.15) is 0 Å². The van der Waals surface area contributed by atoms with Gasteiger partial charge in [-0.15, -0.1) is 0 Å². The zero-order chi connectivity index (χ0) is 27.9. The summed E-state index contributed by atoms with van der Waals surface area (Å²) in [5, 5.41) is 10.8. The maximum Gasteiger partial charge on any atom is 0.494 e. The van der Waals surface area contributed by atoms with Crippen LogP contribution in [0.4, 0.5) is 0 Å². The third-order valence-corrected chi connectivity index (χ3v) is 9.24. The van der Waals surface area contributed by atoms with Crippen molar-refractivity contribution >= 4 is 66.6 Å². The summed E-state index contributed by atoms with van der Waals surface area (Å²) in [7, 11) is -0.377. The van der Waals surface area contributed by atoms with E-state index in [0.717, 1.165) is 38.4 Å². The van der Waals surface area contributed by atoms with Gasteiger partial charge in [-0.05, 0) is 71.5 Å². The number of pyridine rings is 1. The van der Waals surface area contributed by atoms with Crippen molar-refractivity contribution in [2.24, 2.45) is 0 Å². The van der Waals surface area contributed by atoms with E-state index in [0.29, 0.717) is 0 Å². The van der Waals surface area contributed by atoms with Gasteiger partial charge in [0.15, 0.2) is 0 Å². The highest BCUT2D eigenvalue weighted by atomic mass is 16.7. The average molecular weight is 531 g/mol. The summed E-state index contributed by atoms with van der Waals surface area (Å²) in [6.07, 6.45) is 0. The Morgan fingerprint density at radius 3 is 1.73 bits per heavy atom. The van der Waals surface area contributed by atoms with Gasteiger partial charge in [0.25, 0.3) is 0 Å². The molecular weight excluding hydrogens is 501 g/mol. The molecule has 1 fully saturated rings. The quantitative estimate of drug-likeness (QED) is 0.165. The first kappa shape index (κ1) is 24.5. The first-order valence-electron chi connectivity index (χ1n) is 14.3. The molecule has 1 aliphatic heterocycles. The fourth-order valence-corrected chi connectivity index (χ4v) is 6.35. The molecule has 0 N–H and O–H groups in total. The van der Waals surface area contributed by atoms with Crippen molar-refractivity contribution in [3.63, 3.8) is 0 Å². The zero-order valence-electron chi connectivity index (χ0n) is 23.7. The van der Waals surface area contributed by atoms with Gasteiger partial charge < -0.3 is 9.31 Å². The summed E-state index contributed by atoms with van der Waals surface area (Å²) in [6.45, 7) is 8.36. The number of benzene rings is 6. The van der Waals surface area contributed by atoms with Crippen molar-refractivity contribution in [1.82, 2.24) is 4.98 Å².